The van der Waals surface area contributed by atoms with Gasteiger partial charge >= 0.3 is 5.97 Å². The third-order valence-corrected chi connectivity index (χ3v) is 8.93. The third-order valence-electron chi connectivity index (χ3n) is 6.74. The molecule has 4 aromatic rings. The van der Waals surface area contributed by atoms with E-state index in [1.807, 2.05) is 55.5 Å². The van der Waals surface area contributed by atoms with Gasteiger partial charge in [-0.1, -0.05) is 58.8 Å². The number of aromatic nitrogens is 1. The number of carbonyl (C=O) groups is 1. The molecule has 0 aliphatic carbocycles. The van der Waals surface area contributed by atoms with Gasteiger partial charge in [0.05, 0.1) is 39.0 Å². The van der Waals surface area contributed by atoms with Crippen LogP contribution in [0, 0.1) is 0 Å². The minimum atomic E-state index is -0.711. The lowest BCUT2D eigenvalue weighted by atomic mass is 9.96. The van der Waals surface area contributed by atoms with Crippen LogP contribution in [-0.2, 0) is 16.1 Å². The minimum absolute atomic E-state index is 0.260. The summed E-state index contributed by atoms with van der Waals surface area (Å²) in [5, 5.41) is 1.09. The van der Waals surface area contributed by atoms with E-state index in [-0.39, 0.29) is 18.3 Å². The second-order valence-corrected chi connectivity index (χ2v) is 13.0. The summed E-state index contributed by atoms with van der Waals surface area (Å²) in [6.07, 6.45) is 1.47. The van der Waals surface area contributed by atoms with Gasteiger partial charge in [0, 0.05) is 15.6 Å². The number of halogens is 3. The summed E-state index contributed by atoms with van der Waals surface area (Å²) in [4.78, 5) is 32.4. The Morgan fingerprint density at radius 1 is 1.09 bits per heavy atom. The van der Waals surface area contributed by atoms with Gasteiger partial charge in [-0.2, -0.15) is 0 Å². The minimum Gasteiger partial charge on any atom is -0.494 e. The molecular formula is C33H29BrCl2N2O5S. The van der Waals surface area contributed by atoms with Crippen molar-refractivity contribution >= 4 is 62.5 Å². The van der Waals surface area contributed by atoms with Crippen LogP contribution in [-0.4, -0.2) is 23.2 Å². The summed E-state index contributed by atoms with van der Waals surface area (Å²) >= 11 is 17.1. The first-order valence-corrected chi connectivity index (χ1v) is 16.2. The summed E-state index contributed by atoms with van der Waals surface area (Å²) in [7, 11) is 0. The molecule has 0 saturated carbocycles. The third kappa shape index (κ3) is 6.96. The normalized spacial score (nSPS) is 14.8. The van der Waals surface area contributed by atoms with Crippen LogP contribution in [0.25, 0.3) is 6.08 Å². The molecule has 5 rings (SSSR count). The quantitative estimate of drug-likeness (QED) is 0.171. The molecule has 1 aliphatic heterocycles. The van der Waals surface area contributed by atoms with E-state index in [9.17, 15) is 9.59 Å². The summed E-state index contributed by atoms with van der Waals surface area (Å²) in [5.74, 6) is 0.813. The van der Waals surface area contributed by atoms with E-state index in [1.165, 1.54) is 11.3 Å². The van der Waals surface area contributed by atoms with Gasteiger partial charge in [0.15, 0.2) is 4.80 Å². The topological polar surface area (TPSA) is 79.1 Å². The highest BCUT2D eigenvalue weighted by Crippen LogP contribution is 2.32. The lowest BCUT2D eigenvalue weighted by Crippen LogP contribution is -2.40. The van der Waals surface area contributed by atoms with Crippen LogP contribution < -0.4 is 24.4 Å². The number of hydrogen-bond acceptors (Lipinski definition) is 7. The Morgan fingerprint density at radius 2 is 1.84 bits per heavy atom. The standard InChI is InChI=1S/C33H29BrCl2N2O5S/c1-5-41-24-11-8-21(9-12-24)30-29(32(40)43-18(2)3)19(4)37-33-38(30)31(39)28(44-33)15-20-6-13-27(25(34)14-20)42-17-22-7-10-23(35)16-26(22)36/h6-16,18,30H,5,17H2,1-4H3/b28-15+/t30-/m0/s1. The molecular weight excluding hydrogens is 687 g/mol. The predicted octanol–water partition coefficient (Wildman–Crippen LogP) is 7.23. The van der Waals surface area contributed by atoms with Crippen LogP contribution >= 0.6 is 50.5 Å². The molecule has 0 bridgehead atoms. The van der Waals surface area contributed by atoms with Crippen molar-refractivity contribution in [1.82, 2.24) is 4.57 Å². The van der Waals surface area contributed by atoms with E-state index < -0.39 is 12.0 Å². The second kappa shape index (κ2) is 13.7. The number of hydrogen-bond donors (Lipinski definition) is 0. The number of nitrogens with zero attached hydrogens (tertiary/aromatic N) is 2. The molecule has 0 saturated heterocycles. The summed E-state index contributed by atoms with van der Waals surface area (Å²) in [6.45, 7) is 8.04. The van der Waals surface area contributed by atoms with Crippen molar-refractivity contribution in [1.29, 1.82) is 0 Å². The largest absolute Gasteiger partial charge is 0.494 e. The number of esters is 1. The zero-order chi connectivity index (χ0) is 31.5. The van der Waals surface area contributed by atoms with Crippen LogP contribution in [0.2, 0.25) is 10.0 Å². The number of carbonyl (C=O) groups excluding carboxylic acids is 1. The van der Waals surface area contributed by atoms with Crippen LogP contribution in [0.3, 0.4) is 0 Å². The molecule has 0 unspecified atom stereocenters. The maximum Gasteiger partial charge on any atom is 0.338 e. The molecule has 0 N–H and O–H groups in total. The average Bonchev–Trinajstić information content (AvgIpc) is 3.26. The molecule has 1 aromatic heterocycles. The van der Waals surface area contributed by atoms with Crippen molar-refractivity contribution in [2.24, 2.45) is 4.99 Å². The zero-order valence-electron chi connectivity index (χ0n) is 24.4. The van der Waals surface area contributed by atoms with E-state index in [0.717, 1.165) is 16.7 Å². The maximum absolute atomic E-state index is 14.0. The fourth-order valence-corrected chi connectivity index (χ4v) is 6.78. The molecule has 3 aromatic carbocycles. The van der Waals surface area contributed by atoms with Crippen LogP contribution in [0.15, 0.2) is 86.2 Å². The van der Waals surface area contributed by atoms with Gasteiger partial charge < -0.3 is 14.2 Å². The van der Waals surface area contributed by atoms with Crippen molar-refractivity contribution in [2.75, 3.05) is 6.61 Å². The lowest BCUT2D eigenvalue weighted by Gasteiger charge is -2.25. The first kappa shape index (κ1) is 32.0. The zero-order valence-corrected chi connectivity index (χ0v) is 28.3. The maximum atomic E-state index is 14.0. The Morgan fingerprint density at radius 3 is 2.50 bits per heavy atom. The molecule has 7 nitrogen and oxygen atoms in total. The highest BCUT2D eigenvalue weighted by molar-refractivity contribution is 9.10. The monoisotopic (exact) mass is 714 g/mol. The Kier molecular flexibility index (Phi) is 10.00. The number of fused-ring (bicyclic) bond motifs is 1. The fraction of sp³-hybridized carbons (Fsp3) is 0.242. The van der Waals surface area contributed by atoms with E-state index in [0.29, 0.717) is 53.2 Å². The first-order chi connectivity index (χ1) is 21.0. The van der Waals surface area contributed by atoms with E-state index in [2.05, 4.69) is 20.9 Å². The first-order valence-electron chi connectivity index (χ1n) is 13.9. The van der Waals surface area contributed by atoms with Crippen molar-refractivity contribution in [2.45, 2.75) is 46.4 Å². The number of thiazole rings is 1. The average molecular weight is 716 g/mol. The highest BCUT2D eigenvalue weighted by Gasteiger charge is 2.33. The van der Waals surface area contributed by atoms with Gasteiger partial charge in [0.2, 0.25) is 0 Å². The van der Waals surface area contributed by atoms with Crippen LogP contribution in [0.4, 0.5) is 0 Å². The van der Waals surface area contributed by atoms with Gasteiger partial charge in [0.25, 0.3) is 5.56 Å². The number of rotatable bonds is 9. The number of allylic oxidation sites excluding steroid dienone is 1. The summed E-state index contributed by atoms with van der Waals surface area (Å²) in [6, 6.07) is 17.5. The van der Waals surface area contributed by atoms with Crippen LogP contribution in [0.5, 0.6) is 11.5 Å². The highest BCUT2D eigenvalue weighted by atomic mass is 79.9. The molecule has 0 spiro atoms. The van der Waals surface area contributed by atoms with Crippen molar-refractivity contribution in [3.05, 3.63) is 123 Å². The Labute approximate surface area is 277 Å². The fourth-order valence-electron chi connectivity index (χ4n) is 4.76. The summed E-state index contributed by atoms with van der Waals surface area (Å²) in [5.41, 5.74) is 2.91. The molecule has 0 radical (unpaired) electrons. The van der Waals surface area contributed by atoms with Crippen LogP contribution in [0.1, 0.15) is 50.4 Å². The van der Waals surface area contributed by atoms with Gasteiger partial charge in [0.1, 0.15) is 18.1 Å². The Bertz CT molecular complexity index is 1930. The second-order valence-electron chi connectivity index (χ2n) is 10.3. The van der Waals surface area contributed by atoms with Gasteiger partial charge in [-0.3, -0.25) is 9.36 Å². The van der Waals surface area contributed by atoms with Crippen molar-refractivity contribution < 1.29 is 19.0 Å². The van der Waals surface area contributed by atoms with Crippen molar-refractivity contribution in [3.63, 3.8) is 0 Å². The Hall–Kier alpha value is -3.37. The molecule has 44 heavy (non-hydrogen) atoms. The SMILES string of the molecule is CCOc1ccc([C@H]2C(C(=O)OC(C)C)=C(C)N=c3s/c(=C/c4ccc(OCc5ccc(Cl)cc5Cl)c(Br)c4)c(=O)n32)cc1. The van der Waals surface area contributed by atoms with Gasteiger partial charge in [-0.05, 0) is 97.2 Å². The molecule has 0 amide bonds. The molecule has 11 heteroatoms. The molecule has 228 valence electrons. The van der Waals surface area contributed by atoms with Gasteiger partial charge in [-0.25, -0.2) is 9.79 Å². The summed E-state index contributed by atoms with van der Waals surface area (Å²) < 4.78 is 19.9. The van der Waals surface area contributed by atoms with Crippen molar-refractivity contribution in [3.8, 4) is 11.5 Å². The van der Waals surface area contributed by atoms with E-state index in [1.54, 1.807) is 43.5 Å². The smallest absolute Gasteiger partial charge is 0.338 e. The van der Waals surface area contributed by atoms with Gasteiger partial charge in [-0.15, -0.1) is 0 Å². The molecule has 1 atom stereocenters. The number of ether oxygens (including phenoxy) is 3. The van der Waals surface area contributed by atoms with E-state index in [4.69, 9.17) is 37.4 Å². The molecule has 1 aliphatic rings. The predicted molar refractivity (Wildman–Crippen MR) is 178 cm³/mol. The lowest BCUT2D eigenvalue weighted by molar-refractivity contribution is -0.143. The molecule has 0 fully saturated rings. The Balaban J connectivity index is 1.51. The van der Waals surface area contributed by atoms with E-state index >= 15 is 0 Å². The molecule has 2 heterocycles. The number of benzene rings is 3.